The third kappa shape index (κ3) is 9.54. The zero-order valence-electron chi connectivity index (χ0n) is 28.3. The molecule has 0 spiro atoms. The van der Waals surface area contributed by atoms with E-state index in [1.807, 2.05) is 18.2 Å². The second-order valence-corrected chi connectivity index (χ2v) is 13.7. The lowest BCUT2D eigenvalue weighted by atomic mass is 9.91. The standard InChI is InChI=1S/C37H47FN6O5/c1-24-20-44(21-25(2)40-24)22-26-6-11-33(28(16-26)23-43-12-14-48-15-13-43)27-4-3-5-32(17-27)49-36-34(18-29(38)19-39-36)35(45)41-30-7-9-31(10-8-30)42-37(46)47/h3-6,11,16-19,24-25,30-31,40,42H,7-10,12-15,20-23H2,1-2H3,(H,41,45)(H,46,47)/t24-,25+,30-,31-. The fraction of sp³-hybridized carbons (Fsp3) is 0.486. The number of nitrogens with one attached hydrogen (secondary N) is 3. The maximum absolute atomic E-state index is 14.4. The van der Waals surface area contributed by atoms with Crippen molar-refractivity contribution in [2.45, 2.75) is 76.8 Å². The van der Waals surface area contributed by atoms with Gasteiger partial charge in [0.05, 0.1) is 19.4 Å². The minimum Gasteiger partial charge on any atom is -0.465 e. The molecule has 49 heavy (non-hydrogen) atoms. The molecule has 3 fully saturated rings. The van der Waals surface area contributed by atoms with E-state index < -0.39 is 17.8 Å². The highest BCUT2D eigenvalue weighted by molar-refractivity contribution is 5.96. The number of aromatic nitrogens is 1. The molecule has 0 bridgehead atoms. The molecular formula is C37H47FN6O5. The van der Waals surface area contributed by atoms with Gasteiger partial charge in [0.25, 0.3) is 5.91 Å². The predicted molar refractivity (Wildman–Crippen MR) is 184 cm³/mol. The summed E-state index contributed by atoms with van der Waals surface area (Å²) < 4.78 is 26.1. The Bertz CT molecular complexity index is 1600. The number of nitrogens with zero attached hydrogens (tertiary/aromatic N) is 3. The third-order valence-corrected chi connectivity index (χ3v) is 9.52. The summed E-state index contributed by atoms with van der Waals surface area (Å²) in [4.78, 5) is 33.4. The van der Waals surface area contributed by atoms with Crippen molar-refractivity contribution in [1.82, 2.24) is 30.7 Å². The number of hydrogen-bond donors (Lipinski definition) is 4. The van der Waals surface area contributed by atoms with E-state index in [1.165, 1.54) is 11.1 Å². The molecular weight excluding hydrogens is 627 g/mol. The van der Waals surface area contributed by atoms with Crippen molar-refractivity contribution in [3.05, 3.63) is 77.2 Å². The molecule has 2 amide bonds. The number of halogens is 1. The summed E-state index contributed by atoms with van der Waals surface area (Å²) in [5.74, 6) is -0.626. The fourth-order valence-corrected chi connectivity index (χ4v) is 7.31. The Morgan fingerprint density at radius 1 is 0.959 bits per heavy atom. The van der Waals surface area contributed by atoms with Gasteiger partial charge in [0, 0.05) is 63.4 Å². The predicted octanol–water partition coefficient (Wildman–Crippen LogP) is 5.00. The normalized spacial score (nSPS) is 23.5. The van der Waals surface area contributed by atoms with Crippen LogP contribution in [0.3, 0.4) is 0 Å². The van der Waals surface area contributed by atoms with Gasteiger partial charge in [0.15, 0.2) is 0 Å². The van der Waals surface area contributed by atoms with Gasteiger partial charge in [0.1, 0.15) is 17.1 Å². The molecule has 12 heteroatoms. The van der Waals surface area contributed by atoms with Crippen LogP contribution >= 0.6 is 0 Å². The van der Waals surface area contributed by atoms with E-state index in [1.54, 1.807) is 6.07 Å². The van der Waals surface area contributed by atoms with Crippen LogP contribution in [-0.4, -0.2) is 95.5 Å². The zero-order chi connectivity index (χ0) is 34.3. The molecule has 1 aromatic heterocycles. The van der Waals surface area contributed by atoms with Crippen LogP contribution in [0.4, 0.5) is 9.18 Å². The highest BCUT2D eigenvalue weighted by atomic mass is 19.1. The van der Waals surface area contributed by atoms with Gasteiger partial charge in [-0.05, 0) is 80.0 Å². The maximum Gasteiger partial charge on any atom is 0.404 e. The van der Waals surface area contributed by atoms with Gasteiger partial charge in [-0.3, -0.25) is 14.6 Å². The largest absolute Gasteiger partial charge is 0.465 e. The van der Waals surface area contributed by atoms with Crippen molar-refractivity contribution in [2.24, 2.45) is 0 Å². The van der Waals surface area contributed by atoms with E-state index in [0.29, 0.717) is 43.5 Å². The molecule has 1 saturated carbocycles. The highest BCUT2D eigenvalue weighted by Gasteiger charge is 2.26. The summed E-state index contributed by atoms with van der Waals surface area (Å²) in [5, 5.41) is 18.1. The Labute approximate surface area is 287 Å². The first kappa shape index (κ1) is 34.8. The summed E-state index contributed by atoms with van der Waals surface area (Å²) >= 11 is 0. The summed E-state index contributed by atoms with van der Waals surface area (Å²) in [6, 6.07) is 16.1. The molecule has 2 atom stereocenters. The number of amides is 2. The number of benzene rings is 2. The van der Waals surface area contributed by atoms with Crippen LogP contribution in [-0.2, 0) is 17.8 Å². The fourth-order valence-electron chi connectivity index (χ4n) is 7.31. The first-order chi connectivity index (χ1) is 23.7. The van der Waals surface area contributed by atoms with Gasteiger partial charge < -0.3 is 30.5 Å². The van der Waals surface area contributed by atoms with E-state index in [0.717, 1.165) is 75.9 Å². The van der Waals surface area contributed by atoms with Crippen LogP contribution in [0.2, 0.25) is 0 Å². The van der Waals surface area contributed by atoms with E-state index in [-0.39, 0.29) is 23.5 Å². The number of carbonyl (C=O) groups excluding carboxylic acids is 1. The van der Waals surface area contributed by atoms with E-state index in [2.05, 4.69) is 62.8 Å². The number of piperazine rings is 1. The second-order valence-electron chi connectivity index (χ2n) is 13.7. The maximum atomic E-state index is 14.4. The van der Waals surface area contributed by atoms with Crippen molar-refractivity contribution in [2.75, 3.05) is 39.4 Å². The van der Waals surface area contributed by atoms with Gasteiger partial charge in [-0.2, -0.15) is 0 Å². The zero-order valence-corrected chi connectivity index (χ0v) is 28.3. The monoisotopic (exact) mass is 674 g/mol. The summed E-state index contributed by atoms with van der Waals surface area (Å²) in [7, 11) is 0. The van der Waals surface area contributed by atoms with Crippen molar-refractivity contribution >= 4 is 12.0 Å². The minimum atomic E-state index is -1.05. The van der Waals surface area contributed by atoms with Gasteiger partial charge in [0.2, 0.25) is 5.88 Å². The quantitative estimate of drug-likeness (QED) is 0.235. The van der Waals surface area contributed by atoms with Gasteiger partial charge in [-0.15, -0.1) is 0 Å². The summed E-state index contributed by atoms with van der Waals surface area (Å²) in [6.07, 6.45) is 2.42. The van der Waals surface area contributed by atoms with Crippen molar-refractivity contribution in [1.29, 1.82) is 0 Å². The van der Waals surface area contributed by atoms with Crippen molar-refractivity contribution < 1.29 is 28.6 Å². The third-order valence-electron chi connectivity index (χ3n) is 9.52. The molecule has 11 nitrogen and oxygen atoms in total. The minimum absolute atomic E-state index is 0.00472. The Morgan fingerprint density at radius 2 is 1.67 bits per heavy atom. The number of pyridine rings is 1. The van der Waals surface area contributed by atoms with Crippen LogP contribution in [0, 0.1) is 5.82 Å². The molecule has 2 aromatic carbocycles. The lowest BCUT2D eigenvalue weighted by molar-refractivity contribution is 0.0342. The number of ether oxygens (including phenoxy) is 2. The lowest BCUT2D eigenvalue weighted by Gasteiger charge is -2.36. The number of carbonyl (C=O) groups is 2. The molecule has 0 radical (unpaired) electrons. The molecule has 262 valence electrons. The summed E-state index contributed by atoms with van der Waals surface area (Å²) in [6.45, 7) is 11.4. The number of morpholine rings is 1. The van der Waals surface area contributed by atoms with Crippen molar-refractivity contribution in [3.8, 4) is 22.8 Å². The first-order valence-electron chi connectivity index (χ1n) is 17.3. The molecule has 2 saturated heterocycles. The average Bonchev–Trinajstić information content (AvgIpc) is 3.06. The van der Waals surface area contributed by atoms with Crippen molar-refractivity contribution in [3.63, 3.8) is 0 Å². The van der Waals surface area contributed by atoms with Crippen LogP contribution < -0.4 is 20.7 Å². The molecule has 3 aromatic rings. The van der Waals surface area contributed by atoms with Crippen LogP contribution in [0.5, 0.6) is 11.6 Å². The molecule has 0 unspecified atom stereocenters. The molecule has 6 rings (SSSR count). The molecule has 3 aliphatic rings. The molecule has 1 aliphatic carbocycles. The molecule has 2 aliphatic heterocycles. The Balaban J connectivity index is 1.20. The first-order valence-corrected chi connectivity index (χ1v) is 17.3. The van der Waals surface area contributed by atoms with Crippen LogP contribution in [0.15, 0.2) is 54.7 Å². The van der Waals surface area contributed by atoms with Gasteiger partial charge >= 0.3 is 6.09 Å². The lowest BCUT2D eigenvalue weighted by Crippen LogP contribution is -2.53. The highest BCUT2D eigenvalue weighted by Crippen LogP contribution is 2.32. The van der Waals surface area contributed by atoms with Gasteiger partial charge in [-0.25, -0.2) is 14.2 Å². The van der Waals surface area contributed by atoms with E-state index in [9.17, 15) is 14.0 Å². The van der Waals surface area contributed by atoms with E-state index in [4.69, 9.17) is 14.6 Å². The van der Waals surface area contributed by atoms with E-state index >= 15 is 0 Å². The Morgan fingerprint density at radius 3 is 2.39 bits per heavy atom. The van der Waals surface area contributed by atoms with Crippen LogP contribution in [0.25, 0.3) is 11.1 Å². The van der Waals surface area contributed by atoms with Gasteiger partial charge in [-0.1, -0.05) is 30.3 Å². The number of carboxylic acid groups (broad SMARTS) is 1. The molecule has 3 heterocycles. The SMILES string of the molecule is C[C@@H]1CN(Cc2ccc(-c3cccc(Oc4ncc(F)cc4C(=O)N[C@H]4CC[C@H](NC(=O)O)CC4)c3)c(CN3CCOCC3)c2)C[C@H](C)N1. The average molecular weight is 675 g/mol. The second kappa shape index (κ2) is 16.1. The topological polar surface area (TPSA) is 128 Å². The Kier molecular flexibility index (Phi) is 11.4. The number of hydrogen-bond acceptors (Lipinski definition) is 8. The molecule has 4 N–H and O–H groups in total. The smallest absolute Gasteiger partial charge is 0.404 e. The summed E-state index contributed by atoms with van der Waals surface area (Å²) in [5.41, 5.74) is 4.57. The van der Waals surface area contributed by atoms with Crippen LogP contribution in [0.1, 0.15) is 61.0 Å². The number of rotatable bonds is 10. The Hall–Kier alpha value is -4.10.